The Bertz CT molecular complexity index is 330. The maximum atomic E-state index is 10.5. The third-order valence-corrected chi connectivity index (χ3v) is 1.65. The van der Waals surface area contributed by atoms with E-state index in [9.17, 15) is 10.1 Å². The molecule has 0 amide bonds. The van der Waals surface area contributed by atoms with Gasteiger partial charge < -0.3 is 5.43 Å². The SMILES string of the molecule is CNNc1ccc(Cl)cc1[N+](=O)[O-]. The van der Waals surface area contributed by atoms with Crippen LogP contribution in [0.4, 0.5) is 11.4 Å². The van der Waals surface area contributed by atoms with Crippen molar-refractivity contribution in [3.05, 3.63) is 33.3 Å². The average Bonchev–Trinajstić information content (AvgIpc) is 2.08. The lowest BCUT2D eigenvalue weighted by Crippen LogP contribution is -2.15. The molecule has 1 rings (SSSR count). The number of nitrogens with one attached hydrogen (secondary N) is 2. The van der Waals surface area contributed by atoms with E-state index in [2.05, 4.69) is 10.9 Å². The molecule has 0 atom stereocenters. The number of benzene rings is 1. The van der Waals surface area contributed by atoms with Gasteiger partial charge in [-0.3, -0.25) is 10.1 Å². The van der Waals surface area contributed by atoms with E-state index in [1.807, 2.05) is 0 Å². The van der Waals surface area contributed by atoms with Gasteiger partial charge in [-0.1, -0.05) is 11.6 Å². The summed E-state index contributed by atoms with van der Waals surface area (Å²) in [4.78, 5) is 10.0. The molecule has 0 aliphatic carbocycles. The van der Waals surface area contributed by atoms with E-state index < -0.39 is 4.92 Å². The van der Waals surface area contributed by atoms with Gasteiger partial charge >= 0.3 is 0 Å². The lowest BCUT2D eigenvalue weighted by Gasteiger charge is -2.04. The number of hydrogen-bond acceptors (Lipinski definition) is 4. The first-order chi connectivity index (χ1) is 6.15. The molecule has 0 spiro atoms. The molecule has 6 heteroatoms. The molecule has 0 unspecified atom stereocenters. The number of nitro benzene ring substituents is 1. The number of rotatable bonds is 3. The zero-order valence-corrected chi connectivity index (χ0v) is 7.63. The zero-order valence-electron chi connectivity index (χ0n) is 6.87. The van der Waals surface area contributed by atoms with Gasteiger partial charge in [0.2, 0.25) is 0 Å². The Kier molecular flexibility index (Phi) is 3.05. The van der Waals surface area contributed by atoms with Crippen molar-refractivity contribution in [3.8, 4) is 0 Å². The highest BCUT2D eigenvalue weighted by atomic mass is 35.5. The van der Waals surface area contributed by atoms with Crippen LogP contribution in [0.25, 0.3) is 0 Å². The third kappa shape index (κ3) is 2.30. The minimum Gasteiger partial charge on any atom is -0.316 e. The first kappa shape index (κ1) is 9.76. The molecular formula is C7H8ClN3O2. The third-order valence-electron chi connectivity index (χ3n) is 1.42. The quantitative estimate of drug-likeness (QED) is 0.578. The van der Waals surface area contributed by atoms with Crippen LogP contribution in [0, 0.1) is 10.1 Å². The second-order valence-electron chi connectivity index (χ2n) is 2.29. The molecule has 70 valence electrons. The fourth-order valence-electron chi connectivity index (χ4n) is 0.896. The van der Waals surface area contributed by atoms with Crippen LogP contribution in [0.5, 0.6) is 0 Å². The molecule has 0 aromatic heterocycles. The standard InChI is InChI=1S/C7H8ClN3O2/c1-9-10-6-3-2-5(8)4-7(6)11(12)13/h2-4,9-10H,1H3. The second kappa shape index (κ2) is 4.06. The van der Waals surface area contributed by atoms with E-state index >= 15 is 0 Å². The zero-order chi connectivity index (χ0) is 9.84. The number of halogens is 1. The molecule has 0 saturated carbocycles. The maximum Gasteiger partial charge on any atom is 0.295 e. The summed E-state index contributed by atoms with van der Waals surface area (Å²) >= 11 is 5.61. The van der Waals surface area contributed by atoms with E-state index in [1.165, 1.54) is 12.1 Å². The maximum absolute atomic E-state index is 10.5. The topological polar surface area (TPSA) is 67.2 Å². The van der Waals surface area contributed by atoms with Gasteiger partial charge in [-0.05, 0) is 12.1 Å². The molecule has 0 fully saturated rings. The lowest BCUT2D eigenvalue weighted by atomic mass is 10.3. The van der Waals surface area contributed by atoms with Crippen molar-refractivity contribution in [2.45, 2.75) is 0 Å². The van der Waals surface area contributed by atoms with E-state index in [0.717, 1.165) is 0 Å². The molecule has 1 aromatic rings. The van der Waals surface area contributed by atoms with Gasteiger partial charge in [0.1, 0.15) is 5.69 Å². The Morgan fingerprint density at radius 3 is 2.77 bits per heavy atom. The molecule has 0 saturated heterocycles. The van der Waals surface area contributed by atoms with E-state index in [-0.39, 0.29) is 5.69 Å². The first-order valence-electron chi connectivity index (χ1n) is 3.52. The predicted molar refractivity (Wildman–Crippen MR) is 50.8 cm³/mol. The highest BCUT2D eigenvalue weighted by molar-refractivity contribution is 6.30. The van der Waals surface area contributed by atoms with Crippen LogP contribution in [-0.4, -0.2) is 12.0 Å². The van der Waals surface area contributed by atoms with Crippen LogP contribution >= 0.6 is 11.6 Å². The number of nitro groups is 1. The molecule has 0 bridgehead atoms. The summed E-state index contributed by atoms with van der Waals surface area (Å²) in [5.74, 6) is 0. The van der Waals surface area contributed by atoms with Crippen LogP contribution in [0.15, 0.2) is 18.2 Å². The van der Waals surface area contributed by atoms with Crippen LogP contribution < -0.4 is 10.9 Å². The summed E-state index contributed by atoms with van der Waals surface area (Å²) in [7, 11) is 1.62. The molecule has 1 aromatic carbocycles. The molecule has 0 heterocycles. The van der Waals surface area contributed by atoms with Gasteiger partial charge in [0.05, 0.1) is 4.92 Å². The van der Waals surface area contributed by atoms with Crippen molar-refractivity contribution in [2.75, 3.05) is 12.5 Å². The monoisotopic (exact) mass is 201 g/mol. The number of hydrazine groups is 1. The fourth-order valence-corrected chi connectivity index (χ4v) is 1.06. The minimum atomic E-state index is -0.494. The van der Waals surface area contributed by atoms with Crippen LogP contribution in [0.3, 0.4) is 0 Å². The molecule has 0 aliphatic heterocycles. The summed E-state index contributed by atoms with van der Waals surface area (Å²) < 4.78 is 0. The van der Waals surface area contributed by atoms with Gasteiger partial charge in [-0.2, -0.15) is 0 Å². The minimum absolute atomic E-state index is 0.0538. The van der Waals surface area contributed by atoms with Crippen LogP contribution in [0.2, 0.25) is 5.02 Å². The Balaban J connectivity index is 3.10. The Labute approximate surface area is 79.8 Å². The van der Waals surface area contributed by atoms with Crippen molar-refractivity contribution in [2.24, 2.45) is 0 Å². The van der Waals surface area contributed by atoms with Crippen molar-refractivity contribution >= 4 is 23.0 Å². The van der Waals surface area contributed by atoms with E-state index in [0.29, 0.717) is 10.7 Å². The normalized spacial score (nSPS) is 9.69. The summed E-state index contributed by atoms with van der Waals surface area (Å²) in [6, 6.07) is 4.41. The largest absolute Gasteiger partial charge is 0.316 e. The van der Waals surface area contributed by atoms with Crippen molar-refractivity contribution in [1.29, 1.82) is 0 Å². The van der Waals surface area contributed by atoms with Gasteiger partial charge in [0, 0.05) is 18.1 Å². The molecule has 0 aliphatic rings. The van der Waals surface area contributed by atoms with E-state index in [1.54, 1.807) is 13.1 Å². The molecule has 5 nitrogen and oxygen atoms in total. The van der Waals surface area contributed by atoms with Gasteiger partial charge in [-0.15, -0.1) is 0 Å². The Hall–Kier alpha value is -1.33. The number of hydrogen-bond donors (Lipinski definition) is 2. The second-order valence-corrected chi connectivity index (χ2v) is 2.73. The number of nitrogens with zero attached hydrogens (tertiary/aromatic N) is 1. The van der Waals surface area contributed by atoms with Crippen molar-refractivity contribution < 1.29 is 4.92 Å². The molecule has 0 radical (unpaired) electrons. The van der Waals surface area contributed by atoms with Gasteiger partial charge in [0.25, 0.3) is 5.69 Å². The smallest absolute Gasteiger partial charge is 0.295 e. The van der Waals surface area contributed by atoms with Crippen LogP contribution in [0.1, 0.15) is 0 Å². The molecule has 13 heavy (non-hydrogen) atoms. The van der Waals surface area contributed by atoms with Crippen LogP contribution in [-0.2, 0) is 0 Å². The van der Waals surface area contributed by atoms with Gasteiger partial charge in [0.15, 0.2) is 0 Å². The summed E-state index contributed by atoms with van der Waals surface area (Å²) in [5.41, 5.74) is 5.57. The average molecular weight is 202 g/mol. The van der Waals surface area contributed by atoms with Gasteiger partial charge in [-0.25, -0.2) is 5.43 Å². The summed E-state index contributed by atoms with van der Waals surface area (Å²) in [6.45, 7) is 0. The van der Waals surface area contributed by atoms with E-state index in [4.69, 9.17) is 11.6 Å². The highest BCUT2D eigenvalue weighted by Crippen LogP contribution is 2.26. The predicted octanol–water partition coefficient (Wildman–Crippen LogP) is 1.79. The summed E-state index contributed by atoms with van der Waals surface area (Å²) in [6.07, 6.45) is 0. The highest BCUT2D eigenvalue weighted by Gasteiger charge is 2.12. The Morgan fingerprint density at radius 2 is 2.23 bits per heavy atom. The van der Waals surface area contributed by atoms with Crippen molar-refractivity contribution in [1.82, 2.24) is 5.43 Å². The van der Waals surface area contributed by atoms with Crippen molar-refractivity contribution in [3.63, 3.8) is 0 Å². The lowest BCUT2D eigenvalue weighted by molar-refractivity contribution is -0.384. The first-order valence-corrected chi connectivity index (χ1v) is 3.89. The number of anilines is 1. The Morgan fingerprint density at radius 1 is 1.54 bits per heavy atom. The summed E-state index contributed by atoms with van der Waals surface area (Å²) in [5, 5.41) is 10.9. The fraction of sp³-hybridized carbons (Fsp3) is 0.143. The molecular weight excluding hydrogens is 194 g/mol. The molecule has 2 N–H and O–H groups in total.